The number of fused-ring (bicyclic) bond motifs is 2. The van der Waals surface area contributed by atoms with E-state index in [1.807, 2.05) is 11.4 Å². The molecule has 1 aliphatic carbocycles. The van der Waals surface area contributed by atoms with E-state index in [-0.39, 0.29) is 11.1 Å². The van der Waals surface area contributed by atoms with Gasteiger partial charge in [-0.1, -0.05) is 18.2 Å². The van der Waals surface area contributed by atoms with Gasteiger partial charge >= 0.3 is 0 Å². The van der Waals surface area contributed by atoms with Crippen LogP contribution >= 0.6 is 11.3 Å². The van der Waals surface area contributed by atoms with Gasteiger partial charge in [0.2, 0.25) is 5.91 Å². The molecule has 0 fully saturated rings. The molecule has 0 bridgehead atoms. The van der Waals surface area contributed by atoms with E-state index in [2.05, 4.69) is 33.6 Å². The maximum Gasteiger partial charge on any atom is 0.263 e. The summed E-state index contributed by atoms with van der Waals surface area (Å²) in [4.78, 5) is 31.5. The van der Waals surface area contributed by atoms with E-state index in [0.717, 1.165) is 24.0 Å². The predicted molar refractivity (Wildman–Crippen MR) is 127 cm³/mol. The fraction of sp³-hybridized carbons (Fsp3) is 0.292. The SMILES string of the molecule is CC(C(=O)Nc1c(C#N)cnn1C)n1cnc2scc(-c3ccc4c(c3)CCCC4)c2c1=O. The molecule has 1 N–H and O–H groups in total. The third-order valence-electron chi connectivity index (χ3n) is 6.28. The third kappa shape index (κ3) is 3.62. The Kier molecular flexibility index (Phi) is 5.30. The maximum atomic E-state index is 13.5. The topological polar surface area (TPSA) is 106 Å². The molecule has 8 nitrogen and oxygen atoms in total. The Morgan fingerprint density at radius 2 is 2.06 bits per heavy atom. The largest absolute Gasteiger partial charge is 0.308 e. The molecule has 0 saturated carbocycles. The van der Waals surface area contributed by atoms with E-state index in [9.17, 15) is 14.9 Å². The molecule has 1 atom stereocenters. The van der Waals surface area contributed by atoms with E-state index in [0.29, 0.717) is 16.0 Å². The van der Waals surface area contributed by atoms with Crippen molar-refractivity contribution in [3.05, 3.63) is 63.1 Å². The highest BCUT2D eigenvalue weighted by atomic mass is 32.1. The molecular weight excluding hydrogens is 436 g/mol. The summed E-state index contributed by atoms with van der Waals surface area (Å²) >= 11 is 1.43. The standard InChI is InChI=1S/C24H22N6O2S/c1-14(22(31)28-21-18(10-25)11-27-29(21)2)30-13-26-23-20(24(30)32)19(12-33-23)17-8-7-15-5-3-4-6-16(15)9-17/h7-9,11-14H,3-6H2,1-2H3,(H,28,31). The smallest absolute Gasteiger partial charge is 0.263 e. The Labute approximate surface area is 194 Å². The van der Waals surface area contributed by atoms with Crippen molar-refractivity contribution >= 4 is 33.3 Å². The van der Waals surface area contributed by atoms with Crippen LogP contribution in [0.15, 0.2) is 40.9 Å². The van der Waals surface area contributed by atoms with Crippen LogP contribution in [0.1, 0.15) is 42.5 Å². The minimum atomic E-state index is -0.827. The molecule has 0 spiro atoms. The molecule has 9 heteroatoms. The molecule has 1 amide bonds. The Hall–Kier alpha value is -3.77. The number of nitriles is 1. The summed E-state index contributed by atoms with van der Waals surface area (Å²) in [7, 11) is 1.64. The minimum Gasteiger partial charge on any atom is -0.308 e. The van der Waals surface area contributed by atoms with Crippen molar-refractivity contribution in [1.82, 2.24) is 19.3 Å². The van der Waals surface area contributed by atoms with Gasteiger partial charge in [-0.15, -0.1) is 11.3 Å². The van der Waals surface area contributed by atoms with Crippen LogP contribution in [0.3, 0.4) is 0 Å². The van der Waals surface area contributed by atoms with Crippen LogP contribution in [0, 0.1) is 11.3 Å². The summed E-state index contributed by atoms with van der Waals surface area (Å²) in [6.07, 6.45) is 7.37. The van der Waals surface area contributed by atoms with Crippen LogP contribution in [-0.2, 0) is 24.7 Å². The minimum absolute atomic E-state index is 0.256. The average Bonchev–Trinajstić information content (AvgIpc) is 3.42. The molecule has 33 heavy (non-hydrogen) atoms. The number of rotatable bonds is 4. The van der Waals surface area contributed by atoms with Gasteiger partial charge in [0.1, 0.15) is 28.3 Å². The number of carbonyl (C=O) groups excluding carboxylic acids is 1. The lowest BCUT2D eigenvalue weighted by Gasteiger charge is -2.17. The first kappa shape index (κ1) is 21.1. The van der Waals surface area contributed by atoms with Crippen molar-refractivity contribution in [2.45, 2.75) is 38.6 Å². The Morgan fingerprint density at radius 1 is 1.27 bits per heavy atom. The van der Waals surface area contributed by atoms with Gasteiger partial charge in [-0.05, 0) is 49.3 Å². The highest BCUT2D eigenvalue weighted by molar-refractivity contribution is 7.17. The van der Waals surface area contributed by atoms with Gasteiger partial charge in [-0.2, -0.15) is 10.4 Å². The van der Waals surface area contributed by atoms with Crippen LogP contribution in [0.25, 0.3) is 21.3 Å². The van der Waals surface area contributed by atoms with Crippen LogP contribution < -0.4 is 10.9 Å². The molecule has 1 unspecified atom stereocenters. The number of aryl methyl sites for hydroxylation is 3. The fourth-order valence-electron chi connectivity index (χ4n) is 4.35. The number of anilines is 1. The fourth-order valence-corrected chi connectivity index (χ4v) is 5.26. The highest BCUT2D eigenvalue weighted by Gasteiger charge is 2.22. The Balaban J connectivity index is 1.52. The Morgan fingerprint density at radius 3 is 2.85 bits per heavy atom. The van der Waals surface area contributed by atoms with E-state index < -0.39 is 11.9 Å². The van der Waals surface area contributed by atoms with E-state index in [4.69, 9.17) is 0 Å². The van der Waals surface area contributed by atoms with Gasteiger partial charge in [0.05, 0.1) is 17.9 Å². The van der Waals surface area contributed by atoms with Crippen LogP contribution in [0.5, 0.6) is 0 Å². The quantitative estimate of drug-likeness (QED) is 0.501. The predicted octanol–water partition coefficient (Wildman–Crippen LogP) is 3.81. The van der Waals surface area contributed by atoms with Crippen molar-refractivity contribution in [2.75, 3.05) is 5.32 Å². The second kappa shape index (κ2) is 8.30. The molecule has 3 heterocycles. The van der Waals surface area contributed by atoms with E-state index >= 15 is 0 Å². The molecule has 0 radical (unpaired) electrons. The zero-order valence-electron chi connectivity index (χ0n) is 18.3. The molecule has 166 valence electrons. The highest BCUT2D eigenvalue weighted by Crippen LogP contribution is 2.33. The summed E-state index contributed by atoms with van der Waals surface area (Å²) < 4.78 is 2.76. The lowest BCUT2D eigenvalue weighted by atomic mass is 9.89. The normalized spacial score (nSPS) is 14.0. The molecule has 1 aliphatic rings. The summed E-state index contributed by atoms with van der Waals surface area (Å²) in [6, 6.07) is 7.60. The number of carbonyl (C=O) groups is 1. The van der Waals surface area contributed by atoms with Gasteiger partial charge in [0.25, 0.3) is 5.56 Å². The van der Waals surface area contributed by atoms with Gasteiger partial charge in [-0.25, -0.2) is 4.98 Å². The number of amides is 1. The number of hydrogen-bond donors (Lipinski definition) is 1. The van der Waals surface area contributed by atoms with Crippen molar-refractivity contribution < 1.29 is 4.79 Å². The van der Waals surface area contributed by atoms with Crippen molar-refractivity contribution in [3.63, 3.8) is 0 Å². The number of aromatic nitrogens is 4. The molecule has 5 rings (SSSR count). The molecular formula is C24H22N6O2S. The van der Waals surface area contributed by atoms with E-state index in [1.165, 1.54) is 57.1 Å². The molecule has 0 saturated heterocycles. The van der Waals surface area contributed by atoms with Crippen molar-refractivity contribution in [3.8, 4) is 17.2 Å². The second-order valence-electron chi connectivity index (χ2n) is 8.28. The molecule has 4 aromatic rings. The van der Waals surface area contributed by atoms with Gasteiger partial charge in [0, 0.05) is 18.0 Å². The van der Waals surface area contributed by atoms with Crippen LogP contribution in [-0.4, -0.2) is 25.2 Å². The second-order valence-corrected chi connectivity index (χ2v) is 9.14. The average molecular weight is 459 g/mol. The zero-order valence-corrected chi connectivity index (χ0v) is 19.1. The first-order valence-corrected chi connectivity index (χ1v) is 11.7. The van der Waals surface area contributed by atoms with Gasteiger partial charge in [0.15, 0.2) is 0 Å². The summed E-state index contributed by atoms with van der Waals surface area (Å²) in [6.45, 7) is 1.64. The lowest BCUT2D eigenvalue weighted by molar-refractivity contribution is -0.118. The molecule has 0 aliphatic heterocycles. The first-order valence-electron chi connectivity index (χ1n) is 10.8. The number of benzene rings is 1. The van der Waals surface area contributed by atoms with Crippen molar-refractivity contribution in [2.24, 2.45) is 7.05 Å². The summed E-state index contributed by atoms with van der Waals surface area (Å²) in [5, 5.41) is 18.4. The van der Waals surface area contributed by atoms with Crippen LogP contribution in [0.2, 0.25) is 0 Å². The van der Waals surface area contributed by atoms with Crippen molar-refractivity contribution in [1.29, 1.82) is 5.26 Å². The van der Waals surface area contributed by atoms with Gasteiger partial charge in [-0.3, -0.25) is 18.8 Å². The number of thiophene rings is 1. The Bertz CT molecular complexity index is 1490. The number of nitrogens with one attached hydrogen (secondary N) is 1. The molecule has 3 aromatic heterocycles. The first-order chi connectivity index (χ1) is 16.0. The number of hydrogen-bond acceptors (Lipinski definition) is 6. The monoisotopic (exact) mass is 458 g/mol. The van der Waals surface area contributed by atoms with E-state index in [1.54, 1.807) is 14.0 Å². The lowest BCUT2D eigenvalue weighted by Crippen LogP contribution is -2.32. The van der Waals surface area contributed by atoms with Gasteiger partial charge < -0.3 is 5.32 Å². The molecule has 1 aromatic carbocycles. The summed E-state index contributed by atoms with van der Waals surface area (Å²) in [5.74, 6) is -0.134. The summed E-state index contributed by atoms with van der Waals surface area (Å²) in [5.41, 5.74) is 4.58. The van der Waals surface area contributed by atoms with Crippen LogP contribution in [0.4, 0.5) is 5.82 Å². The third-order valence-corrected chi connectivity index (χ3v) is 7.16. The number of nitrogens with zero attached hydrogens (tertiary/aromatic N) is 5. The zero-order chi connectivity index (χ0) is 23.1. The maximum absolute atomic E-state index is 13.5.